The second kappa shape index (κ2) is 4.18. The van der Waals surface area contributed by atoms with Gasteiger partial charge in [-0.15, -0.1) is 0 Å². The van der Waals surface area contributed by atoms with Gasteiger partial charge in [0.25, 0.3) is 0 Å². The lowest BCUT2D eigenvalue weighted by molar-refractivity contribution is 0.480. The fourth-order valence-corrected chi connectivity index (χ4v) is 1.34. The Morgan fingerprint density at radius 3 is 2.27 bits per heavy atom. The molecular weight excluding hydrogens is 184 g/mol. The summed E-state index contributed by atoms with van der Waals surface area (Å²) in [4.78, 5) is 0. The van der Waals surface area contributed by atoms with Gasteiger partial charge >= 0.3 is 0 Å². The Bertz CT molecular complexity index is 443. The molecule has 2 rings (SSSR count). The van der Waals surface area contributed by atoms with E-state index in [9.17, 15) is 0 Å². The molecule has 2 aromatic carbocycles. The predicted octanol–water partition coefficient (Wildman–Crippen LogP) is 3.97. The van der Waals surface area contributed by atoms with E-state index in [0.717, 1.165) is 17.1 Å². The van der Waals surface area contributed by atoms with Crippen molar-refractivity contribution in [1.82, 2.24) is 0 Å². The second-order valence-corrected chi connectivity index (χ2v) is 3.52. The van der Waals surface area contributed by atoms with Crippen LogP contribution in [-0.2, 0) is 0 Å². The molecule has 0 amide bonds. The first kappa shape index (κ1) is 9.78. The van der Waals surface area contributed by atoms with Crippen molar-refractivity contribution in [2.75, 3.05) is 0 Å². The van der Waals surface area contributed by atoms with Gasteiger partial charge in [0.05, 0.1) is 0 Å². The number of benzene rings is 2. The van der Waals surface area contributed by atoms with Crippen LogP contribution < -0.4 is 4.74 Å². The average Bonchev–Trinajstić information content (AvgIpc) is 2.25. The van der Waals surface area contributed by atoms with Crippen LogP contribution in [0, 0.1) is 13.8 Å². The summed E-state index contributed by atoms with van der Waals surface area (Å²) >= 11 is 0. The van der Waals surface area contributed by atoms with Crippen LogP contribution in [0.2, 0.25) is 0 Å². The summed E-state index contributed by atoms with van der Waals surface area (Å²) in [7, 11) is 0. The minimum atomic E-state index is 0.807. The highest BCUT2D eigenvalue weighted by Gasteiger charge is 1.99. The molecule has 0 bridgehead atoms. The van der Waals surface area contributed by atoms with Crippen molar-refractivity contribution < 1.29 is 4.74 Å². The number of aryl methyl sites for hydroxylation is 1. The number of hydrogen-bond acceptors (Lipinski definition) is 1. The molecule has 0 N–H and O–H groups in total. The topological polar surface area (TPSA) is 9.23 Å². The third-order valence-corrected chi connectivity index (χ3v) is 2.22. The summed E-state index contributed by atoms with van der Waals surface area (Å²) in [6, 6.07) is 15.7. The van der Waals surface area contributed by atoms with Gasteiger partial charge in [-0.3, -0.25) is 0 Å². The summed E-state index contributed by atoms with van der Waals surface area (Å²) in [5, 5.41) is 0. The average molecular weight is 197 g/mol. The highest BCUT2D eigenvalue weighted by Crippen LogP contribution is 2.24. The first-order chi connectivity index (χ1) is 7.25. The van der Waals surface area contributed by atoms with Crippen molar-refractivity contribution in [3.8, 4) is 11.5 Å². The first-order valence-corrected chi connectivity index (χ1v) is 4.91. The maximum atomic E-state index is 5.70. The first-order valence-electron chi connectivity index (χ1n) is 4.91. The Morgan fingerprint density at radius 1 is 0.933 bits per heavy atom. The van der Waals surface area contributed by atoms with Gasteiger partial charge in [0.15, 0.2) is 0 Å². The molecule has 0 aliphatic heterocycles. The molecule has 1 radical (unpaired) electrons. The Balaban J connectivity index is 2.22. The third kappa shape index (κ3) is 2.38. The van der Waals surface area contributed by atoms with Crippen molar-refractivity contribution >= 4 is 0 Å². The van der Waals surface area contributed by atoms with Crippen LogP contribution >= 0.6 is 0 Å². The van der Waals surface area contributed by atoms with Gasteiger partial charge in [-0.05, 0) is 37.6 Å². The third-order valence-electron chi connectivity index (χ3n) is 2.22. The zero-order chi connectivity index (χ0) is 10.7. The summed E-state index contributed by atoms with van der Waals surface area (Å²) in [5.74, 6) is 1.65. The summed E-state index contributed by atoms with van der Waals surface area (Å²) in [5.41, 5.74) is 2.13. The smallest absolute Gasteiger partial charge is 0.130 e. The number of ether oxygens (including phenoxy) is 1. The van der Waals surface area contributed by atoms with Gasteiger partial charge in [0.2, 0.25) is 0 Å². The van der Waals surface area contributed by atoms with Gasteiger partial charge in [0, 0.05) is 0 Å². The van der Waals surface area contributed by atoms with Gasteiger partial charge in [0.1, 0.15) is 11.5 Å². The maximum Gasteiger partial charge on any atom is 0.130 e. The van der Waals surface area contributed by atoms with Crippen LogP contribution in [0.25, 0.3) is 0 Å². The molecule has 0 saturated carbocycles. The van der Waals surface area contributed by atoms with Gasteiger partial charge in [-0.25, -0.2) is 0 Å². The normalized spacial score (nSPS) is 10.0. The monoisotopic (exact) mass is 197 g/mol. The molecule has 1 heteroatoms. The molecule has 15 heavy (non-hydrogen) atoms. The molecule has 0 aromatic heterocycles. The fourth-order valence-electron chi connectivity index (χ4n) is 1.34. The number of para-hydroxylation sites is 1. The summed E-state index contributed by atoms with van der Waals surface area (Å²) < 4.78 is 5.70. The van der Waals surface area contributed by atoms with Crippen LogP contribution in [0.3, 0.4) is 0 Å². The van der Waals surface area contributed by atoms with Crippen LogP contribution in [0.5, 0.6) is 11.5 Å². The van der Waals surface area contributed by atoms with Gasteiger partial charge in [-0.2, -0.15) is 0 Å². The number of hydrogen-bond donors (Lipinski definition) is 0. The second-order valence-electron chi connectivity index (χ2n) is 3.52. The van der Waals surface area contributed by atoms with E-state index in [1.807, 2.05) is 48.5 Å². The number of rotatable bonds is 2. The van der Waals surface area contributed by atoms with Crippen LogP contribution in [-0.4, -0.2) is 0 Å². The van der Waals surface area contributed by atoms with E-state index in [2.05, 4.69) is 13.8 Å². The summed E-state index contributed by atoms with van der Waals surface area (Å²) in [6.45, 7) is 5.96. The van der Waals surface area contributed by atoms with E-state index < -0.39 is 0 Å². The fraction of sp³-hybridized carbons (Fsp3) is 0.0714. The molecule has 0 heterocycles. The molecule has 0 fully saturated rings. The lowest BCUT2D eigenvalue weighted by Gasteiger charge is -2.08. The van der Waals surface area contributed by atoms with Crippen molar-refractivity contribution in [3.63, 3.8) is 0 Å². The van der Waals surface area contributed by atoms with Gasteiger partial charge < -0.3 is 4.74 Å². The maximum absolute atomic E-state index is 5.70. The highest BCUT2D eigenvalue weighted by molar-refractivity contribution is 5.39. The van der Waals surface area contributed by atoms with E-state index in [1.54, 1.807) is 0 Å². The van der Waals surface area contributed by atoms with E-state index in [1.165, 1.54) is 5.56 Å². The molecule has 0 aliphatic carbocycles. The molecular formula is C14H13O. The van der Waals surface area contributed by atoms with E-state index in [4.69, 9.17) is 4.74 Å². The molecule has 0 unspecified atom stereocenters. The van der Waals surface area contributed by atoms with Crippen molar-refractivity contribution in [2.24, 2.45) is 0 Å². The largest absolute Gasteiger partial charge is 0.457 e. The molecule has 2 aromatic rings. The zero-order valence-corrected chi connectivity index (χ0v) is 8.73. The minimum Gasteiger partial charge on any atom is -0.457 e. The molecule has 1 nitrogen and oxygen atoms in total. The summed E-state index contributed by atoms with van der Waals surface area (Å²) in [6.07, 6.45) is 0. The van der Waals surface area contributed by atoms with Gasteiger partial charge in [-0.1, -0.05) is 35.9 Å². The minimum absolute atomic E-state index is 0.807. The lowest BCUT2D eigenvalue weighted by atomic mass is 10.2. The van der Waals surface area contributed by atoms with Crippen LogP contribution in [0.4, 0.5) is 0 Å². The van der Waals surface area contributed by atoms with E-state index in [0.29, 0.717) is 0 Å². The van der Waals surface area contributed by atoms with Crippen LogP contribution in [0.15, 0.2) is 48.5 Å². The molecule has 0 atom stereocenters. The molecule has 0 spiro atoms. The molecule has 0 aliphatic rings. The van der Waals surface area contributed by atoms with Crippen molar-refractivity contribution in [1.29, 1.82) is 0 Å². The van der Waals surface area contributed by atoms with Crippen molar-refractivity contribution in [3.05, 3.63) is 66.6 Å². The van der Waals surface area contributed by atoms with Crippen molar-refractivity contribution in [2.45, 2.75) is 6.92 Å². The predicted molar refractivity (Wildman–Crippen MR) is 62.2 cm³/mol. The van der Waals surface area contributed by atoms with E-state index in [-0.39, 0.29) is 0 Å². The van der Waals surface area contributed by atoms with E-state index >= 15 is 0 Å². The quantitative estimate of drug-likeness (QED) is 0.707. The van der Waals surface area contributed by atoms with Crippen LogP contribution in [0.1, 0.15) is 11.1 Å². The molecule has 75 valence electrons. The zero-order valence-electron chi connectivity index (χ0n) is 8.73. The Kier molecular flexibility index (Phi) is 2.72. The standard InChI is InChI=1S/C14H13O/c1-11-7-9-13(10-8-11)15-14-6-4-3-5-12(14)2/h3-10H,2H2,1H3. The Labute approximate surface area is 90.3 Å². The lowest BCUT2D eigenvalue weighted by Crippen LogP contribution is -1.86. The SMILES string of the molecule is [CH2]c1ccccc1Oc1ccc(C)cc1. The highest BCUT2D eigenvalue weighted by atomic mass is 16.5. The Morgan fingerprint density at radius 2 is 1.60 bits per heavy atom. The molecule has 0 saturated heterocycles. The Hall–Kier alpha value is -1.76.